The van der Waals surface area contributed by atoms with Gasteiger partial charge in [0.05, 0.1) is 25.4 Å². The number of allylic oxidation sites excluding steroid dienone is 2. The maximum atomic E-state index is 12.2. The van der Waals surface area contributed by atoms with Crippen LogP contribution in [0.15, 0.2) is 12.2 Å². The molecule has 0 spiro atoms. The van der Waals surface area contributed by atoms with Gasteiger partial charge < -0.3 is 20.3 Å². The molecule has 1 amide bonds. The molecule has 250 valence electrons. The zero-order chi connectivity index (χ0) is 31.7. The van der Waals surface area contributed by atoms with Crippen LogP contribution in [-0.2, 0) is 29.8 Å². The van der Waals surface area contributed by atoms with Crippen molar-refractivity contribution in [3.8, 4) is 0 Å². The van der Waals surface area contributed by atoms with Crippen LogP contribution in [0.2, 0.25) is 0 Å². The Morgan fingerprint density at radius 1 is 0.786 bits per heavy atom. The maximum Gasteiger partial charge on any atom is 0.267 e. The third-order valence-corrected chi connectivity index (χ3v) is 8.16. The van der Waals surface area contributed by atoms with Gasteiger partial charge in [-0.3, -0.25) is 18.8 Å². The van der Waals surface area contributed by atoms with Crippen molar-refractivity contribution in [1.29, 1.82) is 0 Å². The van der Waals surface area contributed by atoms with Gasteiger partial charge in [-0.15, -0.1) is 0 Å². The first-order chi connectivity index (χ1) is 19.8. The van der Waals surface area contributed by atoms with E-state index in [2.05, 4.69) is 24.4 Å². The van der Waals surface area contributed by atoms with E-state index in [1.54, 1.807) is 4.90 Å². The summed E-state index contributed by atoms with van der Waals surface area (Å²) in [7, 11) is -8.73. The van der Waals surface area contributed by atoms with Crippen LogP contribution in [0.1, 0.15) is 96.8 Å². The van der Waals surface area contributed by atoms with Gasteiger partial charge in [0.15, 0.2) is 0 Å². The molecule has 12 nitrogen and oxygen atoms in total. The van der Waals surface area contributed by atoms with Crippen molar-refractivity contribution in [2.24, 2.45) is 0 Å². The topological polar surface area (TPSA) is 191 Å². The Morgan fingerprint density at radius 2 is 1.31 bits per heavy atom. The zero-order valence-corrected chi connectivity index (χ0v) is 27.0. The van der Waals surface area contributed by atoms with Crippen LogP contribution in [0.25, 0.3) is 0 Å². The fourth-order valence-electron chi connectivity index (χ4n) is 4.39. The van der Waals surface area contributed by atoms with E-state index in [-0.39, 0.29) is 45.3 Å². The fraction of sp³-hybridized carbons (Fsp3) is 0.893. The molecule has 0 fully saturated rings. The Kier molecular flexibility index (Phi) is 24.5. The Balaban J connectivity index is 4.11. The number of hydrogen-bond donors (Lipinski definition) is 5. The zero-order valence-electron chi connectivity index (χ0n) is 25.4. The van der Waals surface area contributed by atoms with Crippen LogP contribution in [0.5, 0.6) is 0 Å². The molecule has 0 aromatic heterocycles. The molecule has 0 aliphatic carbocycles. The smallest absolute Gasteiger partial charge is 0.267 e. The van der Waals surface area contributed by atoms with Crippen molar-refractivity contribution in [1.82, 2.24) is 10.2 Å². The molecule has 14 heteroatoms. The molecule has 0 heterocycles. The number of hydrogen-bond acceptors (Lipinski definition) is 9. The number of carbonyl (C=O) groups excluding carboxylic acids is 1. The molecule has 0 aromatic rings. The molecular formula is C28H56N2O10S2. The molecule has 42 heavy (non-hydrogen) atoms. The number of amides is 1. The highest BCUT2D eigenvalue weighted by Gasteiger charge is 2.19. The maximum absolute atomic E-state index is 12.2. The number of unbranched alkanes of at least 4 members (excludes halogenated alkanes) is 11. The highest BCUT2D eigenvalue weighted by molar-refractivity contribution is 7.86. The van der Waals surface area contributed by atoms with Gasteiger partial charge >= 0.3 is 0 Å². The predicted molar refractivity (Wildman–Crippen MR) is 165 cm³/mol. The number of aliphatic hydroxyl groups excluding tert-OH is 2. The minimum absolute atomic E-state index is 0.00396. The van der Waals surface area contributed by atoms with E-state index in [1.807, 2.05) is 0 Å². The highest BCUT2D eigenvalue weighted by atomic mass is 32.2. The van der Waals surface area contributed by atoms with E-state index in [9.17, 15) is 31.8 Å². The summed E-state index contributed by atoms with van der Waals surface area (Å²) >= 11 is 0. The molecule has 0 rings (SSSR count). The van der Waals surface area contributed by atoms with Crippen molar-refractivity contribution in [3.63, 3.8) is 0 Å². The van der Waals surface area contributed by atoms with E-state index in [0.717, 1.165) is 38.5 Å². The molecule has 0 saturated heterocycles. The first kappa shape index (κ1) is 40.9. The Bertz CT molecular complexity index is 914. The summed E-state index contributed by atoms with van der Waals surface area (Å²) in [6, 6.07) is 0. The standard InChI is InChI=1S/C28H56N2O10S2/c1-2-3-4-5-6-7-8-9-10-11-12-13-14-15-16-17-28(33)29-18-19-30(22-26(31)24-41(34,35)36)20-21-40-23-27(32)25-42(37,38)39/h9-10,26-27,31-32H,2-8,11-25H2,1H3,(H,29,33)(H,34,35,36)(H,37,38,39)/b10-9-. The van der Waals surface area contributed by atoms with Gasteiger partial charge in [0.1, 0.15) is 11.5 Å². The molecule has 2 atom stereocenters. The number of ether oxygens (including phenoxy) is 1. The SMILES string of the molecule is CCCCCCCC/C=C\CCCCCCCC(=O)NCCN(CCOCC(O)CS(=O)(=O)O)CC(O)CS(=O)(=O)O. The van der Waals surface area contributed by atoms with E-state index in [1.165, 1.54) is 44.9 Å². The van der Waals surface area contributed by atoms with Crippen LogP contribution >= 0.6 is 0 Å². The lowest BCUT2D eigenvalue weighted by Gasteiger charge is -2.25. The van der Waals surface area contributed by atoms with Crippen LogP contribution in [0, 0.1) is 0 Å². The minimum Gasteiger partial charge on any atom is -0.391 e. The summed E-state index contributed by atoms with van der Waals surface area (Å²) < 4.78 is 66.6. The fourth-order valence-corrected chi connectivity index (χ4v) is 5.56. The Morgan fingerprint density at radius 3 is 1.88 bits per heavy atom. The van der Waals surface area contributed by atoms with Crippen LogP contribution < -0.4 is 5.32 Å². The van der Waals surface area contributed by atoms with Gasteiger partial charge in [-0.05, 0) is 32.1 Å². The van der Waals surface area contributed by atoms with Crippen molar-refractivity contribution >= 4 is 26.1 Å². The van der Waals surface area contributed by atoms with E-state index >= 15 is 0 Å². The molecule has 0 saturated carbocycles. The van der Waals surface area contributed by atoms with Crippen LogP contribution in [-0.4, -0.2) is 110 Å². The number of nitrogens with one attached hydrogen (secondary N) is 1. The Labute approximate surface area is 253 Å². The van der Waals surface area contributed by atoms with E-state index < -0.39 is 43.9 Å². The lowest BCUT2D eigenvalue weighted by atomic mass is 10.1. The van der Waals surface area contributed by atoms with E-state index in [0.29, 0.717) is 6.42 Å². The van der Waals surface area contributed by atoms with Crippen molar-refractivity contribution in [3.05, 3.63) is 12.2 Å². The average molecular weight is 645 g/mol. The van der Waals surface area contributed by atoms with Crippen LogP contribution in [0.4, 0.5) is 0 Å². The summed E-state index contributed by atoms with van der Waals surface area (Å²) in [6.45, 7) is 2.44. The first-order valence-corrected chi connectivity index (χ1v) is 18.5. The van der Waals surface area contributed by atoms with Gasteiger partial charge in [-0.1, -0.05) is 70.4 Å². The molecule has 0 bridgehead atoms. The molecular weight excluding hydrogens is 588 g/mol. The second kappa shape index (κ2) is 25.2. The largest absolute Gasteiger partial charge is 0.391 e. The second-order valence-electron chi connectivity index (χ2n) is 10.9. The van der Waals surface area contributed by atoms with Gasteiger partial charge in [-0.2, -0.15) is 16.8 Å². The quantitative estimate of drug-likeness (QED) is 0.0457. The lowest BCUT2D eigenvalue weighted by Crippen LogP contribution is -2.42. The van der Waals surface area contributed by atoms with Crippen molar-refractivity contribution in [2.75, 3.05) is 50.9 Å². The normalized spacial score (nSPS) is 14.0. The summed E-state index contributed by atoms with van der Waals surface area (Å²) in [4.78, 5) is 13.8. The second-order valence-corrected chi connectivity index (χ2v) is 13.9. The summed E-state index contributed by atoms with van der Waals surface area (Å²) in [5.74, 6) is -1.82. The third-order valence-electron chi connectivity index (χ3n) is 6.55. The number of carbonyl (C=O) groups is 1. The Hall–Kier alpha value is -1.13. The predicted octanol–water partition coefficient (Wildman–Crippen LogP) is 2.96. The van der Waals surface area contributed by atoms with Crippen molar-refractivity contribution < 1.29 is 45.7 Å². The van der Waals surface area contributed by atoms with Gasteiger partial charge in [0.2, 0.25) is 5.91 Å². The number of rotatable bonds is 29. The first-order valence-electron chi connectivity index (χ1n) is 15.3. The van der Waals surface area contributed by atoms with E-state index in [4.69, 9.17) is 13.8 Å². The average Bonchev–Trinajstić information content (AvgIpc) is 2.86. The molecule has 0 aliphatic heterocycles. The monoisotopic (exact) mass is 644 g/mol. The number of aliphatic hydroxyl groups is 2. The molecule has 0 aromatic carbocycles. The molecule has 0 aliphatic rings. The van der Waals surface area contributed by atoms with Crippen molar-refractivity contribution in [2.45, 2.75) is 109 Å². The third kappa shape index (κ3) is 30.3. The van der Waals surface area contributed by atoms with Gasteiger partial charge in [0.25, 0.3) is 20.2 Å². The molecule has 0 radical (unpaired) electrons. The molecule has 2 unspecified atom stereocenters. The summed E-state index contributed by atoms with van der Waals surface area (Å²) in [6.07, 6.45) is 17.5. The lowest BCUT2D eigenvalue weighted by molar-refractivity contribution is -0.121. The van der Waals surface area contributed by atoms with Gasteiger partial charge in [0, 0.05) is 32.6 Å². The highest BCUT2D eigenvalue weighted by Crippen LogP contribution is 2.10. The summed E-state index contributed by atoms with van der Waals surface area (Å²) in [5, 5.41) is 22.4. The minimum atomic E-state index is -4.38. The van der Waals surface area contributed by atoms with Crippen LogP contribution in [0.3, 0.4) is 0 Å². The number of nitrogens with zero attached hydrogens (tertiary/aromatic N) is 1. The molecule has 5 N–H and O–H groups in total. The van der Waals surface area contributed by atoms with Gasteiger partial charge in [-0.25, -0.2) is 0 Å². The summed E-state index contributed by atoms with van der Waals surface area (Å²) in [5.41, 5.74) is 0.